The first-order valence-electron chi connectivity index (χ1n) is 7.74. The van der Waals surface area contributed by atoms with Crippen LogP contribution in [-0.2, 0) is 20.7 Å². The number of benzene rings is 1. The number of hydrogen-bond acceptors (Lipinski definition) is 5. The van der Waals surface area contributed by atoms with Crippen LogP contribution in [0, 0.1) is 0 Å². The van der Waals surface area contributed by atoms with Gasteiger partial charge < -0.3 is 14.5 Å². The highest BCUT2D eigenvalue weighted by molar-refractivity contribution is 8.04. The van der Waals surface area contributed by atoms with E-state index in [1.54, 1.807) is 4.90 Å². The van der Waals surface area contributed by atoms with E-state index in [0.29, 0.717) is 17.3 Å². The van der Waals surface area contributed by atoms with Gasteiger partial charge in [0.1, 0.15) is 0 Å². The molecule has 3 rings (SSSR count). The Balaban J connectivity index is 1.57. The zero-order valence-electron chi connectivity index (χ0n) is 13.2. The molecule has 0 saturated carbocycles. The Morgan fingerprint density at radius 3 is 3.00 bits per heavy atom. The van der Waals surface area contributed by atoms with E-state index >= 15 is 0 Å². The van der Waals surface area contributed by atoms with Crippen molar-refractivity contribution in [1.29, 1.82) is 0 Å². The van der Waals surface area contributed by atoms with Crippen molar-refractivity contribution in [3.05, 3.63) is 40.9 Å². The fourth-order valence-electron chi connectivity index (χ4n) is 2.99. The summed E-state index contributed by atoms with van der Waals surface area (Å²) in [5.74, 6) is 0.0442. The average molecular weight is 332 g/mol. The van der Waals surface area contributed by atoms with Crippen molar-refractivity contribution in [3.8, 4) is 0 Å². The molecule has 0 bridgehead atoms. The van der Waals surface area contributed by atoms with Crippen molar-refractivity contribution in [2.75, 3.05) is 37.4 Å². The van der Waals surface area contributed by atoms with Crippen LogP contribution in [0.3, 0.4) is 0 Å². The lowest BCUT2D eigenvalue weighted by atomic mass is 10.2. The van der Waals surface area contributed by atoms with Crippen LogP contribution in [0.25, 0.3) is 0 Å². The normalized spacial score (nSPS) is 18.7. The van der Waals surface area contributed by atoms with Gasteiger partial charge >= 0.3 is 5.97 Å². The van der Waals surface area contributed by atoms with Crippen molar-refractivity contribution in [3.63, 3.8) is 0 Å². The van der Waals surface area contributed by atoms with Gasteiger partial charge in [0, 0.05) is 25.3 Å². The molecule has 0 aromatic heterocycles. The maximum absolute atomic E-state index is 12.0. The van der Waals surface area contributed by atoms with E-state index < -0.39 is 5.97 Å². The third-order valence-electron chi connectivity index (χ3n) is 4.15. The number of ether oxygens (including phenoxy) is 1. The minimum Gasteiger partial charge on any atom is -0.466 e. The lowest BCUT2D eigenvalue weighted by Gasteiger charge is -2.22. The molecule has 2 heterocycles. The molecule has 2 aliphatic rings. The van der Waals surface area contributed by atoms with Gasteiger partial charge in [-0.3, -0.25) is 4.79 Å². The van der Waals surface area contributed by atoms with Gasteiger partial charge in [-0.2, -0.15) is 0 Å². The van der Waals surface area contributed by atoms with Gasteiger partial charge in [-0.15, -0.1) is 0 Å². The van der Waals surface area contributed by atoms with Crippen molar-refractivity contribution in [2.24, 2.45) is 0 Å². The molecule has 0 N–H and O–H groups in total. The second-order valence-corrected chi connectivity index (χ2v) is 6.55. The number of hydrogen-bond donors (Lipinski definition) is 0. The fraction of sp³-hybridized carbons (Fsp3) is 0.412. The molecule has 6 heteroatoms. The largest absolute Gasteiger partial charge is 0.466 e. The first-order valence-corrected chi connectivity index (χ1v) is 8.73. The highest BCUT2D eigenvalue weighted by Gasteiger charge is 2.27. The van der Waals surface area contributed by atoms with Gasteiger partial charge in [0.25, 0.3) is 0 Å². The summed E-state index contributed by atoms with van der Waals surface area (Å²) in [4.78, 5) is 27.4. The number of amides is 1. The lowest BCUT2D eigenvalue weighted by molar-refractivity contribution is -0.134. The van der Waals surface area contributed by atoms with Gasteiger partial charge in [0.2, 0.25) is 5.91 Å². The second-order valence-electron chi connectivity index (χ2n) is 5.56. The molecular formula is C17H20N2O3S. The van der Waals surface area contributed by atoms with Crippen LogP contribution in [0.5, 0.6) is 0 Å². The first kappa shape index (κ1) is 15.9. The van der Waals surface area contributed by atoms with Crippen molar-refractivity contribution >= 4 is 29.3 Å². The van der Waals surface area contributed by atoms with E-state index in [1.165, 1.54) is 36.2 Å². The molecular weight excluding hydrogens is 312 g/mol. The van der Waals surface area contributed by atoms with Gasteiger partial charge in [0.05, 0.1) is 24.0 Å². The van der Waals surface area contributed by atoms with Crippen LogP contribution in [0.4, 0.5) is 5.69 Å². The molecule has 1 amide bonds. The predicted molar refractivity (Wildman–Crippen MR) is 91.2 cm³/mol. The van der Waals surface area contributed by atoms with Gasteiger partial charge in [-0.25, -0.2) is 4.79 Å². The van der Waals surface area contributed by atoms with Crippen LogP contribution in [-0.4, -0.2) is 49.3 Å². The maximum Gasteiger partial charge on any atom is 0.333 e. The molecule has 5 nitrogen and oxygen atoms in total. The van der Waals surface area contributed by atoms with Crippen LogP contribution in [0.15, 0.2) is 35.4 Å². The van der Waals surface area contributed by atoms with E-state index in [4.69, 9.17) is 0 Å². The van der Waals surface area contributed by atoms with Crippen LogP contribution >= 0.6 is 11.8 Å². The van der Waals surface area contributed by atoms with Gasteiger partial charge in [-0.05, 0) is 24.5 Å². The molecule has 1 saturated heterocycles. The zero-order chi connectivity index (χ0) is 16.2. The summed E-state index contributed by atoms with van der Waals surface area (Å²) in [5, 5.41) is 0.698. The predicted octanol–water partition coefficient (Wildman–Crippen LogP) is 2.03. The van der Waals surface area contributed by atoms with Crippen LogP contribution < -0.4 is 4.90 Å². The Hall–Kier alpha value is -1.95. The number of para-hydroxylation sites is 1. The number of rotatable bonds is 5. The first-order chi connectivity index (χ1) is 11.2. The summed E-state index contributed by atoms with van der Waals surface area (Å²) in [6.45, 7) is 2.58. The second kappa shape index (κ2) is 7.08. The lowest BCUT2D eigenvalue weighted by Crippen LogP contribution is -2.30. The Kier molecular flexibility index (Phi) is 4.91. The molecule has 0 spiro atoms. The molecule has 0 aliphatic carbocycles. The number of anilines is 1. The SMILES string of the molecule is COC(=O)/C=C1/SCC(=O)N1CCCN1CCc2ccccc21. The smallest absolute Gasteiger partial charge is 0.333 e. The summed E-state index contributed by atoms with van der Waals surface area (Å²) in [5.41, 5.74) is 2.70. The molecule has 1 aromatic carbocycles. The number of esters is 1. The van der Waals surface area contributed by atoms with Crippen LogP contribution in [0.1, 0.15) is 12.0 Å². The molecule has 23 heavy (non-hydrogen) atoms. The van der Waals surface area contributed by atoms with E-state index in [2.05, 4.69) is 33.9 Å². The quantitative estimate of drug-likeness (QED) is 0.610. The van der Waals surface area contributed by atoms with Crippen molar-refractivity contribution < 1.29 is 14.3 Å². The highest BCUT2D eigenvalue weighted by Crippen LogP contribution is 2.30. The van der Waals surface area contributed by atoms with Gasteiger partial charge in [-0.1, -0.05) is 30.0 Å². The Morgan fingerprint density at radius 1 is 1.35 bits per heavy atom. The fourth-order valence-corrected chi connectivity index (χ4v) is 3.94. The van der Waals surface area contributed by atoms with E-state index in [9.17, 15) is 9.59 Å². The average Bonchev–Trinajstić information content (AvgIpc) is 3.13. The molecule has 1 aromatic rings. The van der Waals surface area contributed by atoms with Crippen LogP contribution in [0.2, 0.25) is 0 Å². The summed E-state index contributed by atoms with van der Waals surface area (Å²) in [7, 11) is 1.34. The van der Waals surface area contributed by atoms with Crippen molar-refractivity contribution in [1.82, 2.24) is 4.90 Å². The molecule has 0 radical (unpaired) electrons. The summed E-state index contributed by atoms with van der Waals surface area (Å²) in [6.07, 6.45) is 3.36. The van der Waals surface area contributed by atoms with E-state index in [-0.39, 0.29) is 5.91 Å². The molecule has 0 unspecified atom stereocenters. The van der Waals surface area contributed by atoms with E-state index in [1.807, 2.05) is 0 Å². The third-order valence-corrected chi connectivity index (χ3v) is 5.17. The number of fused-ring (bicyclic) bond motifs is 1. The monoisotopic (exact) mass is 332 g/mol. The maximum atomic E-state index is 12.0. The number of methoxy groups -OCH3 is 1. The molecule has 0 atom stereocenters. The minimum atomic E-state index is -0.416. The van der Waals surface area contributed by atoms with E-state index in [0.717, 1.165) is 25.9 Å². The molecule has 2 aliphatic heterocycles. The molecule has 1 fully saturated rings. The zero-order valence-corrected chi connectivity index (χ0v) is 14.0. The number of nitrogens with zero attached hydrogens (tertiary/aromatic N) is 2. The Morgan fingerprint density at radius 2 is 2.17 bits per heavy atom. The summed E-state index contributed by atoms with van der Waals surface area (Å²) < 4.78 is 4.65. The highest BCUT2D eigenvalue weighted by atomic mass is 32.2. The summed E-state index contributed by atoms with van der Waals surface area (Å²) >= 11 is 1.40. The van der Waals surface area contributed by atoms with Gasteiger partial charge in [0.15, 0.2) is 0 Å². The number of carbonyl (C=O) groups excluding carboxylic acids is 2. The topological polar surface area (TPSA) is 49.9 Å². The number of thioether (sulfide) groups is 1. The molecule has 122 valence electrons. The Labute approximate surface area is 140 Å². The summed E-state index contributed by atoms with van der Waals surface area (Å²) in [6, 6.07) is 8.47. The number of carbonyl (C=O) groups is 2. The standard InChI is InChI=1S/C17H20N2O3S/c1-22-17(21)11-16-19(15(20)12-23-16)9-4-8-18-10-7-13-5-2-3-6-14(13)18/h2-3,5-6,11H,4,7-10,12H2,1H3/b16-11+. The third kappa shape index (κ3) is 3.52. The minimum absolute atomic E-state index is 0.0620. The van der Waals surface area contributed by atoms with Crippen molar-refractivity contribution in [2.45, 2.75) is 12.8 Å². The Bertz CT molecular complexity index is 644.